The van der Waals surface area contributed by atoms with E-state index < -0.39 is 0 Å². The van der Waals surface area contributed by atoms with Gasteiger partial charge < -0.3 is 24.5 Å². The summed E-state index contributed by atoms with van der Waals surface area (Å²) in [4.78, 5) is 6.73. The van der Waals surface area contributed by atoms with Crippen molar-refractivity contribution in [3.05, 3.63) is 23.7 Å². The summed E-state index contributed by atoms with van der Waals surface area (Å²) in [6, 6.07) is 4.26. The normalized spacial score (nSPS) is 22.7. The number of halogens is 1. The summed E-state index contributed by atoms with van der Waals surface area (Å²) in [7, 11) is 1.80. The third-order valence-corrected chi connectivity index (χ3v) is 4.78. The van der Waals surface area contributed by atoms with Crippen molar-refractivity contribution >= 4 is 29.9 Å². The van der Waals surface area contributed by atoms with Crippen LogP contribution >= 0.6 is 24.0 Å². The first-order chi connectivity index (χ1) is 12.3. The molecular weight excluding hydrogens is 447 g/mol. The topological polar surface area (TPSA) is 71.3 Å². The number of guanidine groups is 1. The number of nitrogens with one attached hydrogen (secondary N) is 2. The van der Waals surface area contributed by atoms with Crippen LogP contribution in [0.15, 0.2) is 21.5 Å². The summed E-state index contributed by atoms with van der Waals surface area (Å²) >= 11 is 0. The molecule has 2 aliphatic rings. The lowest BCUT2D eigenvalue weighted by Gasteiger charge is -2.33. The molecule has 0 aliphatic carbocycles. The molecule has 3 rings (SSSR count). The highest BCUT2D eigenvalue weighted by Gasteiger charge is 2.25. The van der Waals surface area contributed by atoms with E-state index in [1.807, 2.05) is 13.0 Å². The van der Waals surface area contributed by atoms with Gasteiger partial charge >= 0.3 is 0 Å². The first-order valence-corrected chi connectivity index (χ1v) is 9.20. The van der Waals surface area contributed by atoms with E-state index in [2.05, 4.69) is 26.6 Å². The molecule has 2 N–H and O–H groups in total. The number of ether oxygens (including phenoxy) is 2. The zero-order chi connectivity index (χ0) is 17.5. The molecule has 3 heterocycles. The molecule has 2 unspecified atom stereocenters. The number of morpholine rings is 1. The fourth-order valence-electron chi connectivity index (χ4n) is 3.36. The Morgan fingerprint density at radius 3 is 2.69 bits per heavy atom. The average molecular weight is 478 g/mol. The van der Waals surface area contributed by atoms with Gasteiger partial charge in [-0.2, -0.15) is 0 Å². The molecule has 148 valence electrons. The van der Waals surface area contributed by atoms with Crippen molar-refractivity contribution in [3.63, 3.8) is 0 Å². The predicted molar refractivity (Wildman–Crippen MR) is 112 cm³/mol. The Kier molecular flexibility index (Phi) is 9.17. The largest absolute Gasteiger partial charge is 0.465 e. The lowest BCUT2D eigenvalue weighted by atomic mass is 10.1. The van der Waals surface area contributed by atoms with Gasteiger partial charge in [0.2, 0.25) is 0 Å². The summed E-state index contributed by atoms with van der Waals surface area (Å²) in [5, 5.41) is 6.81. The Balaban J connectivity index is 0.00000243. The third-order valence-electron chi connectivity index (χ3n) is 4.78. The predicted octanol–water partition coefficient (Wildman–Crippen LogP) is 1.92. The van der Waals surface area contributed by atoms with Crippen molar-refractivity contribution in [2.75, 3.05) is 53.0 Å². The quantitative estimate of drug-likeness (QED) is 0.370. The summed E-state index contributed by atoms with van der Waals surface area (Å²) in [6.45, 7) is 7.73. The van der Waals surface area contributed by atoms with Gasteiger partial charge in [0, 0.05) is 39.8 Å². The first kappa shape index (κ1) is 21.5. The number of rotatable bonds is 6. The van der Waals surface area contributed by atoms with Gasteiger partial charge in [0.25, 0.3) is 0 Å². The minimum absolute atomic E-state index is 0. The van der Waals surface area contributed by atoms with E-state index in [1.54, 1.807) is 7.05 Å². The second-order valence-electron chi connectivity index (χ2n) is 6.58. The fraction of sp³-hybridized carbons (Fsp3) is 0.722. The number of hydrogen-bond acceptors (Lipinski definition) is 5. The SMILES string of the molecule is CN=C(NCC1CCCO1)NCC(c1ccc(C)o1)N1CCOCC1.I. The Morgan fingerprint density at radius 2 is 2.08 bits per heavy atom. The maximum atomic E-state index is 5.90. The molecule has 1 aromatic heterocycles. The van der Waals surface area contributed by atoms with Crippen molar-refractivity contribution in [1.29, 1.82) is 0 Å². The summed E-state index contributed by atoms with van der Waals surface area (Å²) in [6.07, 6.45) is 2.56. The average Bonchev–Trinajstić information content (AvgIpc) is 3.30. The lowest BCUT2D eigenvalue weighted by molar-refractivity contribution is 0.0124. The molecule has 0 aromatic carbocycles. The highest BCUT2D eigenvalue weighted by Crippen LogP contribution is 2.23. The van der Waals surface area contributed by atoms with Crippen LogP contribution in [0.4, 0.5) is 0 Å². The van der Waals surface area contributed by atoms with Crippen LogP contribution < -0.4 is 10.6 Å². The van der Waals surface area contributed by atoms with Crippen molar-refractivity contribution in [3.8, 4) is 0 Å². The van der Waals surface area contributed by atoms with Gasteiger partial charge in [-0.25, -0.2) is 0 Å². The van der Waals surface area contributed by atoms with E-state index in [0.717, 1.165) is 76.3 Å². The van der Waals surface area contributed by atoms with Crippen LogP contribution in [0.1, 0.15) is 30.4 Å². The Hall–Kier alpha value is -0.840. The van der Waals surface area contributed by atoms with Gasteiger partial charge in [0.1, 0.15) is 11.5 Å². The Morgan fingerprint density at radius 1 is 1.27 bits per heavy atom. The Labute approximate surface area is 172 Å². The molecule has 0 radical (unpaired) electrons. The van der Waals surface area contributed by atoms with E-state index in [9.17, 15) is 0 Å². The van der Waals surface area contributed by atoms with Crippen LogP contribution in [0.3, 0.4) is 0 Å². The van der Waals surface area contributed by atoms with Crippen molar-refractivity contribution in [2.45, 2.75) is 31.9 Å². The number of nitrogens with zero attached hydrogens (tertiary/aromatic N) is 2. The highest BCUT2D eigenvalue weighted by atomic mass is 127. The minimum Gasteiger partial charge on any atom is -0.465 e. The van der Waals surface area contributed by atoms with Crippen LogP contribution in [0, 0.1) is 6.92 Å². The van der Waals surface area contributed by atoms with Crippen LogP contribution in [0.25, 0.3) is 0 Å². The number of aryl methyl sites for hydroxylation is 1. The fourth-order valence-corrected chi connectivity index (χ4v) is 3.36. The molecule has 2 fully saturated rings. The standard InChI is InChI=1S/C18H30N4O3.HI/c1-14-5-6-17(25-14)16(22-7-10-23-11-8-22)13-21-18(19-2)20-12-15-4-3-9-24-15;/h5-6,15-16H,3-4,7-13H2,1-2H3,(H2,19,20,21);1H. The highest BCUT2D eigenvalue weighted by molar-refractivity contribution is 14.0. The number of aliphatic imine (C=N–C) groups is 1. The molecule has 0 bridgehead atoms. The summed E-state index contributed by atoms with van der Waals surface area (Å²) in [5.74, 6) is 2.73. The molecule has 8 heteroatoms. The summed E-state index contributed by atoms with van der Waals surface area (Å²) in [5.41, 5.74) is 0. The first-order valence-electron chi connectivity index (χ1n) is 9.20. The van der Waals surface area contributed by atoms with E-state index >= 15 is 0 Å². The van der Waals surface area contributed by atoms with Crippen LogP contribution in [-0.2, 0) is 9.47 Å². The zero-order valence-corrected chi connectivity index (χ0v) is 18.0. The van der Waals surface area contributed by atoms with Gasteiger partial charge in [-0.1, -0.05) is 0 Å². The lowest BCUT2D eigenvalue weighted by Crippen LogP contribution is -2.47. The van der Waals surface area contributed by atoms with Crippen LogP contribution in [0.2, 0.25) is 0 Å². The molecule has 2 aliphatic heterocycles. The maximum Gasteiger partial charge on any atom is 0.191 e. The van der Waals surface area contributed by atoms with E-state index in [1.165, 1.54) is 0 Å². The minimum atomic E-state index is 0. The van der Waals surface area contributed by atoms with Crippen molar-refractivity contribution in [1.82, 2.24) is 15.5 Å². The van der Waals surface area contributed by atoms with Gasteiger partial charge in [-0.05, 0) is 31.9 Å². The monoisotopic (exact) mass is 478 g/mol. The molecule has 0 amide bonds. The van der Waals surface area contributed by atoms with Gasteiger partial charge in [-0.15, -0.1) is 24.0 Å². The zero-order valence-electron chi connectivity index (χ0n) is 15.7. The second kappa shape index (κ2) is 11.1. The molecule has 26 heavy (non-hydrogen) atoms. The van der Waals surface area contributed by atoms with Crippen LogP contribution in [0.5, 0.6) is 0 Å². The van der Waals surface area contributed by atoms with E-state index in [4.69, 9.17) is 13.9 Å². The smallest absolute Gasteiger partial charge is 0.191 e. The molecule has 0 spiro atoms. The van der Waals surface area contributed by atoms with Crippen molar-refractivity contribution in [2.24, 2.45) is 4.99 Å². The molecular formula is C18H31IN4O3. The molecule has 2 saturated heterocycles. The second-order valence-corrected chi connectivity index (χ2v) is 6.58. The van der Waals surface area contributed by atoms with E-state index in [0.29, 0.717) is 6.10 Å². The Bertz CT molecular complexity index is 554. The number of furan rings is 1. The third kappa shape index (κ3) is 6.11. The molecule has 2 atom stereocenters. The van der Waals surface area contributed by atoms with Gasteiger partial charge in [0.05, 0.1) is 25.4 Å². The van der Waals surface area contributed by atoms with Gasteiger partial charge in [0.15, 0.2) is 5.96 Å². The molecule has 7 nitrogen and oxygen atoms in total. The molecule has 1 aromatic rings. The number of hydrogen-bond donors (Lipinski definition) is 2. The van der Waals surface area contributed by atoms with Gasteiger partial charge in [-0.3, -0.25) is 9.89 Å². The molecule has 0 saturated carbocycles. The van der Waals surface area contributed by atoms with Crippen LogP contribution in [-0.4, -0.2) is 70.0 Å². The summed E-state index contributed by atoms with van der Waals surface area (Å²) < 4.78 is 17.1. The van der Waals surface area contributed by atoms with E-state index in [-0.39, 0.29) is 30.0 Å². The van der Waals surface area contributed by atoms with Crippen molar-refractivity contribution < 1.29 is 13.9 Å². The maximum absolute atomic E-state index is 5.90.